The van der Waals surface area contributed by atoms with Crippen LogP contribution in [0, 0.1) is 11.5 Å². The first kappa shape index (κ1) is 12.0. The van der Waals surface area contributed by atoms with Crippen LogP contribution >= 0.6 is 11.3 Å². The third-order valence-corrected chi connectivity index (χ3v) is 3.30. The molecule has 0 unspecified atom stereocenters. The Kier molecular flexibility index (Phi) is 4.12. The van der Waals surface area contributed by atoms with Gasteiger partial charge in [0.1, 0.15) is 8.07 Å². The monoisotopic (exact) mass is 237 g/mol. The molecule has 0 amide bonds. The molecule has 1 aromatic rings. The van der Waals surface area contributed by atoms with Crippen LogP contribution in [0.15, 0.2) is 22.0 Å². The van der Waals surface area contributed by atoms with Gasteiger partial charge in [-0.15, -0.1) is 11.5 Å². The molecule has 0 aliphatic heterocycles. The second-order valence-electron chi connectivity index (χ2n) is 4.29. The van der Waals surface area contributed by atoms with Crippen molar-refractivity contribution in [1.82, 2.24) is 0 Å². The molecule has 1 aromatic heterocycles. The third-order valence-electron chi connectivity index (χ3n) is 1.69. The van der Waals surface area contributed by atoms with Crippen molar-refractivity contribution in [2.24, 2.45) is 5.16 Å². The zero-order valence-corrected chi connectivity index (χ0v) is 11.1. The van der Waals surface area contributed by atoms with Crippen LogP contribution < -0.4 is 0 Å². The summed E-state index contributed by atoms with van der Waals surface area (Å²) in [6.07, 6.45) is 0.525. The van der Waals surface area contributed by atoms with Crippen molar-refractivity contribution in [3.05, 3.63) is 22.4 Å². The highest BCUT2D eigenvalue weighted by atomic mass is 32.1. The summed E-state index contributed by atoms with van der Waals surface area (Å²) in [6.45, 7) is 6.58. The second-order valence-corrected chi connectivity index (χ2v) is 9.82. The number of hydrogen-bond acceptors (Lipinski definition) is 3. The Hall–Kier alpha value is -1.05. The summed E-state index contributed by atoms with van der Waals surface area (Å²) in [5.41, 5.74) is 4.87. The van der Waals surface area contributed by atoms with Crippen molar-refractivity contribution >= 4 is 25.1 Å². The average molecular weight is 237 g/mol. The molecule has 1 rings (SSSR count). The standard InChI is InChI=1S/C11H15NOSSi/c1-15(2,3)8-4-5-11(12-13)10-6-7-14-9-10/h6-7,9,13H,5H2,1-3H3/b12-11+. The SMILES string of the molecule is C[Si](C)(C)C#CC/C(=N\O)c1ccsc1. The van der Waals surface area contributed by atoms with Crippen molar-refractivity contribution < 1.29 is 5.21 Å². The van der Waals surface area contributed by atoms with Crippen molar-refractivity contribution in [2.75, 3.05) is 0 Å². The Balaban J connectivity index is 2.68. The van der Waals surface area contributed by atoms with E-state index >= 15 is 0 Å². The van der Waals surface area contributed by atoms with E-state index in [0.29, 0.717) is 12.1 Å². The third kappa shape index (κ3) is 4.32. The highest BCUT2D eigenvalue weighted by molar-refractivity contribution is 7.08. The van der Waals surface area contributed by atoms with Crippen LogP contribution in [-0.4, -0.2) is 19.0 Å². The summed E-state index contributed by atoms with van der Waals surface area (Å²) in [5.74, 6) is 3.09. The number of oxime groups is 1. The molecule has 0 atom stereocenters. The van der Waals surface area contributed by atoms with Crippen LogP contribution in [0.2, 0.25) is 19.6 Å². The van der Waals surface area contributed by atoms with Gasteiger partial charge in [0.2, 0.25) is 0 Å². The number of hydrogen-bond donors (Lipinski definition) is 1. The molecule has 1 heterocycles. The summed E-state index contributed by atoms with van der Waals surface area (Å²) >= 11 is 1.59. The molecule has 2 nitrogen and oxygen atoms in total. The van der Waals surface area contributed by atoms with E-state index in [2.05, 4.69) is 36.3 Å². The summed E-state index contributed by atoms with van der Waals surface area (Å²) in [5, 5.41) is 16.1. The predicted molar refractivity (Wildman–Crippen MR) is 68.4 cm³/mol. The lowest BCUT2D eigenvalue weighted by atomic mass is 10.1. The maximum absolute atomic E-state index is 8.86. The zero-order chi connectivity index (χ0) is 11.3. The van der Waals surface area contributed by atoms with Crippen molar-refractivity contribution in [1.29, 1.82) is 0 Å². The molecule has 0 aliphatic carbocycles. The molecule has 0 saturated carbocycles. The van der Waals surface area contributed by atoms with E-state index in [1.807, 2.05) is 16.8 Å². The summed E-state index contributed by atoms with van der Waals surface area (Å²) in [6, 6.07) is 1.94. The van der Waals surface area contributed by atoms with Crippen LogP contribution in [0.1, 0.15) is 12.0 Å². The van der Waals surface area contributed by atoms with E-state index in [1.165, 1.54) is 0 Å². The van der Waals surface area contributed by atoms with Crippen LogP contribution in [0.5, 0.6) is 0 Å². The van der Waals surface area contributed by atoms with Crippen molar-refractivity contribution in [3.8, 4) is 11.5 Å². The van der Waals surface area contributed by atoms with Gasteiger partial charge in [-0.1, -0.05) is 24.8 Å². The Morgan fingerprint density at radius 3 is 2.73 bits per heavy atom. The van der Waals surface area contributed by atoms with E-state index in [1.54, 1.807) is 11.3 Å². The molecule has 4 heteroatoms. The lowest BCUT2D eigenvalue weighted by molar-refractivity contribution is 0.318. The van der Waals surface area contributed by atoms with E-state index < -0.39 is 8.07 Å². The fourth-order valence-corrected chi connectivity index (χ4v) is 2.30. The molecule has 80 valence electrons. The van der Waals surface area contributed by atoms with Gasteiger partial charge in [-0.3, -0.25) is 0 Å². The van der Waals surface area contributed by atoms with Crippen molar-refractivity contribution in [3.63, 3.8) is 0 Å². The number of rotatable bonds is 2. The maximum atomic E-state index is 8.86. The normalized spacial score (nSPS) is 12.1. The van der Waals surface area contributed by atoms with Crippen LogP contribution in [0.3, 0.4) is 0 Å². The molecule has 0 aromatic carbocycles. The Bertz CT molecular complexity index is 392. The first-order chi connectivity index (χ1) is 7.03. The minimum atomic E-state index is -1.32. The van der Waals surface area contributed by atoms with Gasteiger partial charge in [0, 0.05) is 5.56 Å². The molecule has 15 heavy (non-hydrogen) atoms. The largest absolute Gasteiger partial charge is 0.411 e. The minimum absolute atomic E-state index is 0.525. The molecule has 0 radical (unpaired) electrons. The maximum Gasteiger partial charge on any atom is 0.129 e. The van der Waals surface area contributed by atoms with Crippen LogP contribution in [0.25, 0.3) is 0 Å². The zero-order valence-electron chi connectivity index (χ0n) is 9.24. The fraction of sp³-hybridized carbons (Fsp3) is 0.364. The van der Waals surface area contributed by atoms with E-state index in [4.69, 9.17) is 5.21 Å². The first-order valence-corrected chi connectivity index (χ1v) is 9.21. The van der Waals surface area contributed by atoms with Gasteiger partial charge in [-0.2, -0.15) is 11.3 Å². The lowest BCUT2D eigenvalue weighted by Gasteiger charge is -2.03. The van der Waals surface area contributed by atoms with Gasteiger partial charge >= 0.3 is 0 Å². The quantitative estimate of drug-likeness (QED) is 0.277. The molecular weight excluding hydrogens is 222 g/mol. The molecule has 0 aliphatic rings. The number of nitrogens with zero attached hydrogens (tertiary/aromatic N) is 1. The summed E-state index contributed by atoms with van der Waals surface area (Å²) in [4.78, 5) is 0. The average Bonchev–Trinajstić information content (AvgIpc) is 2.63. The molecule has 1 N–H and O–H groups in total. The van der Waals surface area contributed by atoms with Gasteiger partial charge in [0.15, 0.2) is 0 Å². The van der Waals surface area contributed by atoms with Crippen LogP contribution in [0.4, 0.5) is 0 Å². The van der Waals surface area contributed by atoms with Gasteiger partial charge in [0.25, 0.3) is 0 Å². The van der Waals surface area contributed by atoms with E-state index in [0.717, 1.165) is 5.56 Å². The summed E-state index contributed by atoms with van der Waals surface area (Å²) < 4.78 is 0. The summed E-state index contributed by atoms with van der Waals surface area (Å²) in [7, 11) is -1.32. The number of thiophene rings is 1. The smallest absolute Gasteiger partial charge is 0.129 e. The van der Waals surface area contributed by atoms with Gasteiger partial charge < -0.3 is 5.21 Å². The highest BCUT2D eigenvalue weighted by Gasteiger charge is 2.08. The Morgan fingerprint density at radius 1 is 1.53 bits per heavy atom. The Morgan fingerprint density at radius 2 is 2.27 bits per heavy atom. The van der Waals surface area contributed by atoms with Crippen molar-refractivity contribution in [2.45, 2.75) is 26.1 Å². The minimum Gasteiger partial charge on any atom is -0.411 e. The van der Waals surface area contributed by atoms with E-state index in [9.17, 15) is 0 Å². The van der Waals surface area contributed by atoms with Gasteiger partial charge in [0.05, 0.1) is 12.1 Å². The Labute approximate surface area is 95.7 Å². The lowest BCUT2D eigenvalue weighted by Crippen LogP contribution is -2.16. The first-order valence-electron chi connectivity index (χ1n) is 4.76. The molecule has 0 spiro atoms. The van der Waals surface area contributed by atoms with Gasteiger partial charge in [-0.25, -0.2) is 0 Å². The van der Waals surface area contributed by atoms with Crippen LogP contribution in [-0.2, 0) is 0 Å². The van der Waals surface area contributed by atoms with Gasteiger partial charge in [-0.05, 0) is 16.8 Å². The predicted octanol–water partition coefficient (Wildman–Crippen LogP) is 3.20. The second kappa shape index (κ2) is 5.15. The molecule has 0 saturated heterocycles. The van der Waals surface area contributed by atoms with E-state index in [-0.39, 0.29) is 0 Å². The molecular formula is C11H15NOSSi. The molecule has 0 fully saturated rings. The highest BCUT2D eigenvalue weighted by Crippen LogP contribution is 2.09. The topological polar surface area (TPSA) is 32.6 Å². The molecule has 0 bridgehead atoms. The fourth-order valence-electron chi connectivity index (χ4n) is 1.02.